The van der Waals surface area contributed by atoms with E-state index in [-0.39, 0.29) is 5.41 Å². The van der Waals surface area contributed by atoms with Gasteiger partial charge in [0.1, 0.15) is 0 Å². The monoisotopic (exact) mass is 637 g/mol. The van der Waals surface area contributed by atoms with Gasteiger partial charge in [-0.05, 0) is 116 Å². The number of anilines is 3. The maximum absolute atomic E-state index is 2.49. The fraction of sp³-hybridized carbons (Fsp3) is 0.0612. The zero-order valence-corrected chi connectivity index (χ0v) is 27.8. The van der Waals surface area contributed by atoms with E-state index in [4.69, 9.17) is 0 Å². The van der Waals surface area contributed by atoms with Crippen LogP contribution < -0.4 is 4.90 Å². The van der Waals surface area contributed by atoms with Gasteiger partial charge in [0, 0.05) is 17.1 Å². The number of hydrogen-bond donors (Lipinski definition) is 0. The van der Waals surface area contributed by atoms with Crippen LogP contribution in [-0.4, -0.2) is 0 Å². The predicted molar refractivity (Wildman–Crippen MR) is 209 cm³/mol. The molecule has 0 aromatic heterocycles. The predicted octanol–water partition coefficient (Wildman–Crippen LogP) is 12.9. The molecule has 1 spiro atoms. The van der Waals surface area contributed by atoms with Gasteiger partial charge < -0.3 is 4.90 Å². The van der Waals surface area contributed by atoms with Crippen LogP contribution in [0.5, 0.6) is 0 Å². The fourth-order valence-electron chi connectivity index (χ4n) is 8.81. The van der Waals surface area contributed by atoms with Crippen molar-refractivity contribution in [3.63, 3.8) is 0 Å². The van der Waals surface area contributed by atoms with E-state index < -0.39 is 0 Å². The lowest BCUT2D eigenvalue weighted by Crippen LogP contribution is -2.27. The highest BCUT2D eigenvalue weighted by Crippen LogP contribution is 2.63. The van der Waals surface area contributed by atoms with E-state index in [2.05, 4.69) is 193 Å². The topological polar surface area (TPSA) is 3.24 Å². The number of nitrogens with zero attached hydrogens (tertiary/aromatic N) is 1. The average molecular weight is 638 g/mol. The Labute approximate surface area is 294 Å². The number of allylic oxidation sites excluding steroid dienone is 4. The van der Waals surface area contributed by atoms with Gasteiger partial charge in [-0.25, -0.2) is 0 Å². The molecule has 0 fully saturated rings. The van der Waals surface area contributed by atoms with Crippen LogP contribution in [0.3, 0.4) is 0 Å². The summed E-state index contributed by atoms with van der Waals surface area (Å²) < 4.78 is 0. The molecule has 0 aliphatic heterocycles. The molecular formula is C49H35N. The van der Waals surface area contributed by atoms with Crippen LogP contribution in [0.25, 0.3) is 39.0 Å². The van der Waals surface area contributed by atoms with E-state index in [1.807, 2.05) is 0 Å². The van der Waals surface area contributed by atoms with Crippen molar-refractivity contribution in [2.75, 3.05) is 4.90 Å². The molecule has 0 N–H and O–H groups in total. The molecule has 3 aliphatic carbocycles. The second kappa shape index (κ2) is 11.5. The summed E-state index contributed by atoms with van der Waals surface area (Å²) in [6, 6.07) is 64.7. The van der Waals surface area contributed by atoms with Crippen molar-refractivity contribution in [3.8, 4) is 33.4 Å². The lowest BCUT2D eigenvalue weighted by atomic mass is 9.69. The summed E-state index contributed by atoms with van der Waals surface area (Å²) in [5.41, 5.74) is 19.1. The molecular weight excluding hydrogens is 603 g/mol. The summed E-state index contributed by atoms with van der Waals surface area (Å²) in [6.07, 6.45) is 6.98. The summed E-state index contributed by atoms with van der Waals surface area (Å²) >= 11 is 0. The molecule has 10 rings (SSSR count). The molecule has 236 valence electrons. The molecule has 1 nitrogen and oxygen atoms in total. The van der Waals surface area contributed by atoms with Crippen LogP contribution in [0.2, 0.25) is 0 Å². The van der Waals surface area contributed by atoms with Gasteiger partial charge in [0.2, 0.25) is 0 Å². The largest absolute Gasteiger partial charge is 0.310 e. The van der Waals surface area contributed by atoms with Crippen LogP contribution in [0.15, 0.2) is 194 Å². The number of rotatable bonds is 5. The van der Waals surface area contributed by atoms with E-state index in [1.165, 1.54) is 66.8 Å². The highest BCUT2D eigenvalue weighted by Gasteiger charge is 2.52. The fourth-order valence-corrected chi connectivity index (χ4v) is 8.81. The first-order valence-corrected chi connectivity index (χ1v) is 17.7. The Morgan fingerprint density at radius 3 is 1.50 bits per heavy atom. The Kier molecular flexibility index (Phi) is 6.60. The minimum absolute atomic E-state index is 0.342. The molecule has 0 bridgehead atoms. The van der Waals surface area contributed by atoms with Crippen LogP contribution in [0, 0.1) is 0 Å². The quantitative estimate of drug-likeness (QED) is 0.182. The van der Waals surface area contributed by atoms with Crippen LogP contribution in [-0.2, 0) is 5.41 Å². The summed E-state index contributed by atoms with van der Waals surface area (Å²) in [4.78, 5) is 2.42. The summed E-state index contributed by atoms with van der Waals surface area (Å²) in [7, 11) is 0. The van der Waals surface area contributed by atoms with Gasteiger partial charge in [-0.15, -0.1) is 0 Å². The van der Waals surface area contributed by atoms with Crippen molar-refractivity contribution >= 4 is 22.6 Å². The van der Waals surface area contributed by atoms with Crippen molar-refractivity contribution in [3.05, 3.63) is 216 Å². The Morgan fingerprint density at radius 2 is 0.880 bits per heavy atom. The maximum Gasteiger partial charge on any atom is 0.0722 e. The molecule has 1 unspecified atom stereocenters. The average Bonchev–Trinajstić information content (AvgIpc) is 3.66. The Hall–Kier alpha value is -6.18. The SMILES string of the molecule is C1=CC2=C(CC1)c1ccccc1C21c2ccccc2-c2ccc(N(c3ccc(-c4ccccc4)cc3)c3ccc(-c4ccccc4)cc3)cc21. The normalized spacial score (nSPS) is 16.6. The van der Waals surface area contributed by atoms with Crippen LogP contribution >= 0.6 is 0 Å². The summed E-state index contributed by atoms with van der Waals surface area (Å²) in [5.74, 6) is 0. The van der Waals surface area contributed by atoms with Crippen LogP contribution in [0.4, 0.5) is 17.1 Å². The highest BCUT2D eigenvalue weighted by atomic mass is 15.1. The Bertz CT molecular complexity index is 2370. The lowest BCUT2D eigenvalue weighted by Gasteiger charge is -2.33. The molecule has 0 heterocycles. The minimum atomic E-state index is -0.342. The van der Waals surface area contributed by atoms with Crippen molar-refractivity contribution in [1.29, 1.82) is 0 Å². The van der Waals surface area contributed by atoms with Crippen LogP contribution in [0.1, 0.15) is 35.1 Å². The maximum atomic E-state index is 2.49. The molecule has 0 saturated heterocycles. The van der Waals surface area contributed by atoms with Gasteiger partial charge in [-0.3, -0.25) is 0 Å². The standard InChI is InChI=1S/C49H35N/c1-3-13-34(14-4-1)36-23-27-38(28-24-36)50(39-29-25-37(26-30-39)35-15-5-2-6-16-35)40-31-32-44-43-19-9-12-22-47(43)49(48(44)33-40)45-20-10-7-17-41(45)42-18-8-11-21-46(42)49/h1-7,9-17,19-33H,8,18H2. The van der Waals surface area contributed by atoms with Gasteiger partial charge >= 0.3 is 0 Å². The van der Waals surface area contributed by atoms with Gasteiger partial charge in [0.25, 0.3) is 0 Å². The molecule has 3 aliphatic rings. The third-order valence-corrected chi connectivity index (χ3v) is 11.0. The van der Waals surface area contributed by atoms with Crippen molar-refractivity contribution in [2.45, 2.75) is 18.3 Å². The van der Waals surface area contributed by atoms with E-state index >= 15 is 0 Å². The van der Waals surface area contributed by atoms with Gasteiger partial charge in [0.15, 0.2) is 0 Å². The molecule has 0 radical (unpaired) electrons. The zero-order chi connectivity index (χ0) is 33.1. The third kappa shape index (κ3) is 4.27. The first-order valence-electron chi connectivity index (χ1n) is 17.7. The van der Waals surface area contributed by atoms with E-state index in [0.29, 0.717) is 0 Å². The number of hydrogen-bond acceptors (Lipinski definition) is 1. The summed E-state index contributed by atoms with van der Waals surface area (Å²) in [6.45, 7) is 0. The van der Waals surface area contributed by atoms with Gasteiger partial charge in [-0.2, -0.15) is 0 Å². The Morgan fingerprint density at radius 1 is 0.400 bits per heavy atom. The number of benzene rings is 7. The van der Waals surface area contributed by atoms with Crippen molar-refractivity contribution in [1.82, 2.24) is 0 Å². The zero-order valence-electron chi connectivity index (χ0n) is 27.8. The van der Waals surface area contributed by atoms with Crippen molar-refractivity contribution in [2.24, 2.45) is 0 Å². The van der Waals surface area contributed by atoms with Gasteiger partial charge in [0.05, 0.1) is 5.41 Å². The molecule has 50 heavy (non-hydrogen) atoms. The lowest BCUT2D eigenvalue weighted by molar-refractivity contribution is 0.780. The first kappa shape index (κ1) is 28.8. The molecule has 1 heteroatoms. The molecule has 1 atom stereocenters. The summed E-state index contributed by atoms with van der Waals surface area (Å²) in [5, 5.41) is 0. The number of fused-ring (bicyclic) bond motifs is 9. The highest BCUT2D eigenvalue weighted by molar-refractivity contribution is 5.97. The molecule has 7 aromatic carbocycles. The first-order chi connectivity index (χ1) is 24.8. The molecule has 0 saturated carbocycles. The van der Waals surface area contributed by atoms with Gasteiger partial charge in [-0.1, -0.05) is 152 Å². The second-order valence-electron chi connectivity index (χ2n) is 13.6. The third-order valence-electron chi connectivity index (χ3n) is 11.0. The van der Waals surface area contributed by atoms with Crippen molar-refractivity contribution < 1.29 is 0 Å². The second-order valence-corrected chi connectivity index (χ2v) is 13.6. The smallest absolute Gasteiger partial charge is 0.0722 e. The van der Waals surface area contributed by atoms with E-state index in [1.54, 1.807) is 0 Å². The molecule has 0 amide bonds. The Balaban J connectivity index is 1.18. The molecule has 7 aromatic rings. The van der Waals surface area contributed by atoms with E-state index in [9.17, 15) is 0 Å². The minimum Gasteiger partial charge on any atom is -0.310 e. The van der Waals surface area contributed by atoms with E-state index in [0.717, 1.165) is 29.9 Å².